The maximum atomic E-state index is 11.5. The number of carboxylic acid groups (broad SMARTS) is 1. The van der Waals surface area contributed by atoms with Crippen molar-refractivity contribution >= 4 is 11.9 Å². The standard InChI is InChI=1S/C9H15NO3/c1-9(2,3)8(13)10-4-6(5-10)7(11)12/h6H,4-5H2,1-3H3,(H,11,12). The van der Waals surface area contributed by atoms with Crippen molar-refractivity contribution in [3.05, 3.63) is 0 Å². The minimum absolute atomic E-state index is 0.0324. The summed E-state index contributed by atoms with van der Waals surface area (Å²) in [5, 5.41) is 8.60. The van der Waals surface area contributed by atoms with Crippen LogP contribution in [0.3, 0.4) is 0 Å². The maximum absolute atomic E-state index is 11.5. The number of hydrogen-bond acceptors (Lipinski definition) is 2. The molecule has 0 bridgehead atoms. The SMILES string of the molecule is CC(C)(C)C(=O)N1CC(C(=O)O)C1. The summed E-state index contributed by atoms with van der Waals surface area (Å²) in [6.07, 6.45) is 0. The van der Waals surface area contributed by atoms with Gasteiger partial charge in [-0.3, -0.25) is 9.59 Å². The highest BCUT2D eigenvalue weighted by Gasteiger charge is 2.39. The van der Waals surface area contributed by atoms with Crippen LogP contribution in [0.2, 0.25) is 0 Å². The van der Waals surface area contributed by atoms with Gasteiger partial charge in [-0.15, -0.1) is 0 Å². The van der Waals surface area contributed by atoms with Crippen LogP contribution in [0.15, 0.2) is 0 Å². The van der Waals surface area contributed by atoms with Gasteiger partial charge in [0.1, 0.15) is 0 Å². The smallest absolute Gasteiger partial charge is 0.310 e. The molecule has 1 heterocycles. The molecule has 1 N–H and O–H groups in total. The Morgan fingerprint density at radius 1 is 1.31 bits per heavy atom. The van der Waals surface area contributed by atoms with Gasteiger partial charge in [-0.05, 0) is 0 Å². The Hall–Kier alpha value is -1.06. The summed E-state index contributed by atoms with van der Waals surface area (Å²) in [6.45, 7) is 6.24. The van der Waals surface area contributed by atoms with Crippen LogP contribution in [0.25, 0.3) is 0 Å². The molecule has 1 fully saturated rings. The predicted molar refractivity (Wildman–Crippen MR) is 47.2 cm³/mol. The number of carbonyl (C=O) groups excluding carboxylic acids is 1. The number of carbonyl (C=O) groups is 2. The highest BCUT2D eigenvalue weighted by molar-refractivity contribution is 5.84. The molecule has 1 aliphatic heterocycles. The van der Waals surface area contributed by atoms with Gasteiger partial charge in [0.25, 0.3) is 0 Å². The highest BCUT2D eigenvalue weighted by atomic mass is 16.4. The van der Waals surface area contributed by atoms with E-state index in [2.05, 4.69) is 0 Å². The van der Waals surface area contributed by atoms with E-state index in [-0.39, 0.29) is 11.8 Å². The topological polar surface area (TPSA) is 57.6 Å². The lowest BCUT2D eigenvalue weighted by Crippen LogP contribution is -2.55. The van der Waals surface area contributed by atoms with Gasteiger partial charge in [0, 0.05) is 18.5 Å². The van der Waals surface area contributed by atoms with Gasteiger partial charge in [-0.2, -0.15) is 0 Å². The Morgan fingerprint density at radius 3 is 2.08 bits per heavy atom. The van der Waals surface area contributed by atoms with Crippen LogP contribution >= 0.6 is 0 Å². The number of rotatable bonds is 1. The van der Waals surface area contributed by atoms with Crippen molar-refractivity contribution in [3.63, 3.8) is 0 Å². The van der Waals surface area contributed by atoms with E-state index < -0.39 is 11.4 Å². The van der Waals surface area contributed by atoms with Crippen LogP contribution < -0.4 is 0 Å². The molecule has 0 saturated carbocycles. The van der Waals surface area contributed by atoms with Crippen LogP contribution in [0.4, 0.5) is 0 Å². The Morgan fingerprint density at radius 2 is 1.77 bits per heavy atom. The zero-order valence-electron chi connectivity index (χ0n) is 8.20. The van der Waals surface area contributed by atoms with Gasteiger partial charge < -0.3 is 10.0 Å². The fourth-order valence-corrected chi connectivity index (χ4v) is 1.27. The van der Waals surface area contributed by atoms with Crippen LogP contribution in [0, 0.1) is 11.3 Å². The first kappa shape index (κ1) is 10.0. The summed E-state index contributed by atoms with van der Waals surface area (Å²) in [4.78, 5) is 23.6. The van der Waals surface area contributed by atoms with Crippen molar-refractivity contribution in [3.8, 4) is 0 Å². The summed E-state index contributed by atoms with van der Waals surface area (Å²) >= 11 is 0. The molecule has 0 radical (unpaired) electrons. The van der Waals surface area contributed by atoms with Crippen molar-refractivity contribution < 1.29 is 14.7 Å². The normalized spacial score (nSPS) is 18.2. The van der Waals surface area contributed by atoms with Crippen LogP contribution in [-0.4, -0.2) is 35.0 Å². The predicted octanol–water partition coefficient (Wildman–Crippen LogP) is 0.575. The van der Waals surface area contributed by atoms with Gasteiger partial charge in [0.15, 0.2) is 0 Å². The summed E-state index contributed by atoms with van der Waals surface area (Å²) in [5.74, 6) is -1.13. The van der Waals surface area contributed by atoms with Crippen LogP contribution in [0.1, 0.15) is 20.8 Å². The first-order chi connectivity index (χ1) is 5.82. The molecule has 1 aliphatic rings. The number of carboxylic acids is 1. The third-order valence-corrected chi connectivity index (χ3v) is 2.16. The Kier molecular flexibility index (Phi) is 2.32. The van der Waals surface area contributed by atoms with Crippen molar-refractivity contribution in [2.45, 2.75) is 20.8 Å². The molecule has 0 aliphatic carbocycles. The summed E-state index contributed by atoms with van der Waals surface area (Å²) in [7, 11) is 0. The van der Waals surface area contributed by atoms with Crippen LogP contribution in [0.5, 0.6) is 0 Å². The fraction of sp³-hybridized carbons (Fsp3) is 0.778. The van der Waals surface area contributed by atoms with E-state index in [0.29, 0.717) is 13.1 Å². The van der Waals surface area contributed by atoms with E-state index in [1.807, 2.05) is 20.8 Å². The molecule has 1 saturated heterocycles. The Labute approximate surface area is 77.5 Å². The molecular formula is C9H15NO3. The van der Waals surface area contributed by atoms with E-state index >= 15 is 0 Å². The lowest BCUT2D eigenvalue weighted by atomic mass is 9.90. The first-order valence-corrected chi connectivity index (χ1v) is 4.34. The zero-order chi connectivity index (χ0) is 10.2. The average molecular weight is 185 g/mol. The quantitative estimate of drug-likeness (QED) is 0.650. The maximum Gasteiger partial charge on any atom is 0.310 e. The number of likely N-dealkylation sites (tertiary alicyclic amines) is 1. The average Bonchev–Trinajstić information content (AvgIpc) is 1.80. The summed E-state index contributed by atoms with van der Waals surface area (Å²) < 4.78 is 0. The summed E-state index contributed by atoms with van der Waals surface area (Å²) in [5.41, 5.74) is -0.399. The third kappa shape index (κ3) is 1.99. The van der Waals surface area contributed by atoms with Crippen molar-refractivity contribution in [1.29, 1.82) is 0 Å². The Balaban J connectivity index is 2.44. The molecule has 0 spiro atoms. The number of hydrogen-bond donors (Lipinski definition) is 1. The summed E-state index contributed by atoms with van der Waals surface area (Å²) in [6, 6.07) is 0. The number of amides is 1. The molecule has 0 atom stereocenters. The second kappa shape index (κ2) is 3.01. The van der Waals surface area contributed by atoms with E-state index in [1.54, 1.807) is 4.90 Å². The highest BCUT2D eigenvalue weighted by Crippen LogP contribution is 2.24. The molecule has 0 aromatic heterocycles. The van der Waals surface area contributed by atoms with Gasteiger partial charge in [-0.25, -0.2) is 0 Å². The van der Waals surface area contributed by atoms with Crippen molar-refractivity contribution in [2.24, 2.45) is 11.3 Å². The number of aliphatic carboxylic acids is 1. The van der Waals surface area contributed by atoms with Gasteiger partial charge in [0.05, 0.1) is 5.92 Å². The minimum atomic E-state index is -0.807. The van der Waals surface area contributed by atoms with Gasteiger partial charge >= 0.3 is 5.97 Å². The van der Waals surface area contributed by atoms with Gasteiger partial charge in [0.2, 0.25) is 5.91 Å². The first-order valence-electron chi connectivity index (χ1n) is 4.34. The molecule has 4 nitrogen and oxygen atoms in total. The molecule has 1 rings (SSSR count). The van der Waals surface area contributed by atoms with E-state index in [9.17, 15) is 9.59 Å². The molecule has 4 heteroatoms. The third-order valence-electron chi connectivity index (χ3n) is 2.16. The molecule has 13 heavy (non-hydrogen) atoms. The molecule has 0 aromatic rings. The molecular weight excluding hydrogens is 170 g/mol. The fourth-order valence-electron chi connectivity index (χ4n) is 1.27. The second-order valence-corrected chi connectivity index (χ2v) is 4.50. The zero-order valence-corrected chi connectivity index (χ0v) is 8.20. The molecule has 1 amide bonds. The Bertz CT molecular complexity index is 236. The monoisotopic (exact) mass is 185 g/mol. The van der Waals surface area contributed by atoms with Crippen LogP contribution in [-0.2, 0) is 9.59 Å². The molecule has 74 valence electrons. The lowest BCUT2D eigenvalue weighted by molar-refractivity contribution is -0.156. The van der Waals surface area contributed by atoms with E-state index in [1.165, 1.54) is 0 Å². The number of nitrogens with zero attached hydrogens (tertiary/aromatic N) is 1. The van der Waals surface area contributed by atoms with E-state index in [4.69, 9.17) is 5.11 Å². The van der Waals surface area contributed by atoms with Gasteiger partial charge in [-0.1, -0.05) is 20.8 Å². The lowest BCUT2D eigenvalue weighted by Gasteiger charge is -2.40. The minimum Gasteiger partial charge on any atom is -0.481 e. The molecule has 0 aromatic carbocycles. The van der Waals surface area contributed by atoms with Crippen molar-refractivity contribution in [1.82, 2.24) is 4.90 Å². The van der Waals surface area contributed by atoms with Crippen molar-refractivity contribution in [2.75, 3.05) is 13.1 Å². The van der Waals surface area contributed by atoms with E-state index in [0.717, 1.165) is 0 Å². The molecule has 0 unspecified atom stereocenters. The largest absolute Gasteiger partial charge is 0.481 e. The second-order valence-electron chi connectivity index (χ2n) is 4.50.